The van der Waals surface area contributed by atoms with Gasteiger partial charge in [0.15, 0.2) is 0 Å². The lowest BCUT2D eigenvalue weighted by Crippen LogP contribution is -2.35. The van der Waals surface area contributed by atoms with Gasteiger partial charge in [-0.3, -0.25) is 4.79 Å². The van der Waals surface area contributed by atoms with Gasteiger partial charge >= 0.3 is 0 Å². The van der Waals surface area contributed by atoms with Gasteiger partial charge < -0.3 is 15.8 Å². The molecule has 0 aliphatic rings. The number of hydrogen-bond donors (Lipinski definition) is 2. The van der Waals surface area contributed by atoms with Crippen molar-refractivity contribution in [1.29, 1.82) is 0 Å². The SMILES string of the molecule is COc1ccccc1C(=O)NCC(C)(C)CCN. The molecule has 0 aromatic heterocycles. The molecule has 0 saturated carbocycles. The number of ether oxygens (including phenoxy) is 1. The molecule has 0 spiro atoms. The van der Waals surface area contributed by atoms with Crippen molar-refractivity contribution in [3.8, 4) is 5.75 Å². The molecule has 1 amide bonds. The zero-order valence-corrected chi connectivity index (χ0v) is 11.3. The number of amides is 1. The highest BCUT2D eigenvalue weighted by Gasteiger charge is 2.19. The number of para-hydroxylation sites is 1. The summed E-state index contributed by atoms with van der Waals surface area (Å²) in [5, 5.41) is 2.92. The van der Waals surface area contributed by atoms with Crippen molar-refractivity contribution in [1.82, 2.24) is 5.32 Å². The van der Waals surface area contributed by atoms with Gasteiger partial charge in [-0.2, -0.15) is 0 Å². The minimum atomic E-state index is -0.113. The summed E-state index contributed by atoms with van der Waals surface area (Å²) in [5.74, 6) is 0.476. The van der Waals surface area contributed by atoms with Crippen LogP contribution < -0.4 is 15.8 Å². The van der Waals surface area contributed by atoms with Crippen LogP contribution in [0.1, 0.15) is 30.6 Å². The third-order valence-corrected chi connectivity index (χ3v) is 2.90. The Morgan fingerprint density at radius 1 is 1.39 bits per heavy atom. The Hall–Kier alpha value is -1.55. The van der Waals surface area contributed by atoms with Gasteiger partial charge in [-0.1, -0.05) is 26.0 Å². The zero-order chi connectivity index (χ0) is 13.6. The molecule has 0 unspecified atom stereocenters. The van der Waals surface area contributed by atoms with Gasteiger partial charge in [0.1, 0.15) is 5.75 Å². The fraction of sp³-hybridized carbons (Fsp3) is 0.500. The molecular formula is C14H22N2O2. The first kappa shape index (κ1) is 14.5. The summed E-state index contributed by atoms with van der Waals surface area (Å²) >= 11 is 0. The summed E-state index contributed by atoms with van der Waals surface area (Å²) in [6.07, 6.45) is 0.874. The van der Waals surface area contributed by atoms with E-state index >= 15 is 0 Å². The van der Waals surface area contributed by atoms with Crippen LogP contribution in [0.5, 0.6) is 5.75 Å². The highest BCUT2D eigenvalue weighted by Crippen LogP contribution is 2.20. The minimum Gasteiger partial charge on any atom is -0.496 e. The second-order valence-corrected chi connectivity index (χ2v) is 5.09. The standard InChI is InChI=1S/C14H22N2O2/c1-14(2,8-9-15)10-16-13(17)11-6-4-5-7-12(11)18-3/h4-7H,8-10,15H2,1-3H3,(H,16,17). The number of benzene rings is 1. The molecule has 0 saturated heterocycles. The number of rotatable bonds is 6. The van der Waals surface area contributed by atoms with Crippen molar-refractivity contribution in [2.24, 2.45) is 11.1 Å². The van der Waals surface area contributed by atoms with E-state index < -0.39 is 0 Å². The lowest BCUT2D eigenvalue weighted by Gasteiger charge is -2.24. The van der Waals surface area contributed by atoms with Gasteiger partial charge in [0, 0.05) is 6.54 Å². The van der Waals surface area contributed by atoms with Crippen LogP contribution in [0.3, 0.4) is 0 Å². The predicted molar refractivity (Wildman–Crippen MR) is 72.8 cm³/mol. The number of nitrogens with two attached hydrogens (primary N) is 1. The highest BCUT2D eigenvalue weighted by atomic mass is 16.5. The van der Waals surface area contributed by atoms with E-state index in [9.17, 15) is 4.79 Å². The van der Waals surface area contributed by atoms with Gasteiger partial charge in [-0.25, -0.2) is 0 Å². The number of nitrogens with one attached hydrogen (secondary N) is 1. The fourth-order valence-corrected chi connectivity index (χ4v) is 1.73. The van der Waals surface area contributed by atoms with Gasteiger partial charge in [0.25, 0.3) is 5.91 Å². The maximum Gasteiger partial charge on any atom is 0.255 e. The van der Waals surface area contributed by atoms with Crippen LogP contribution in [0.2, 0.25) is 0 Å². The number of hydrogen-bond acceptors (Lipinski definition) is 3. The lowest BCUT2D eigenvalue weighted by atomic mass is 9.89. The third-order valence-electron chi connectivity index (χ3n) is 2.90. The molecule has 0 fully saturated rings. The average molecular weight is 250 g/mol. The van der Waals surface area contributed by atoms with E-state index in [1.165, 1.54) is 0 Å². The Balaban J connectivity index is 2.66. The van der Waals surface area contributed by atoms with Gasteiger partial charge in [0.2, 0.25) is 0 Å². The van der Waals surface area contributed by atoms with E-state index in [1.807, 2.05) is 12.1 Å². The molecule has 1 rings (SSSR count). The topological polar surface area (TPSA) is 64.3 Å². The van der Waals surface area contributed by atoms with Gasteiger partial charge in [-0.15, -0.1) is 0 Å². The van der Waals surface area contributed by atoms with Crippen LogP contribution in [-0.2, 0) is 0 Å². The smallest absolute Gasteiger partial charge is 0.255 e. The molecule has 0 aliphatic carbocycles. The molecule has 3 N–H and O–H groups in total. The largest absolute Gasteiger partial charge is 0.496 e. The molecule has 18 heavy (non-hydrogen) atoms. The third kappa shape index (κ3) is 4.04. The summed E-state index contributed by atoms with van der Waals surface area (Å²) in [7, 11) is 1.56. The zero-order valence-electron chi connectivity index (χ0n) is 11.3. The van der Waals surface area contributed by atoms with E-state index in [2.05, 4.69) is 19.2 Å². The molecule has 0 atom stereocenters. The summed E-state index contributed by atoms with van der Waals surface area (Å²) < 4.78 is 5.17. The first-order chi connectivity index (χ1) is 8.50. The first-order valence-electron chi connectivity index (χ1n) is 6.11. The summed E-state index contributed by atoms with van der Waals surface area (Å²) in [6, 6.07) is 7.19. The van der Waals surface area contributed by atoms with Crippen LogP contribution in [0, 0.1) is 5.41 Å². The molecule has 4 nitrogen and oxygen atoms in total. The monoisotopic (exact) mass is 250 g/mol. The van der Waals surface area contributed by atoms with E-state index in [4.69, 9.17) is 10.5 Å². The molecule has 0 radical (unpaired) electrons. The van der Waals surface area contributed by atoms with Crippen LogP contribution in [0.25, 0.3) is 0 Å². The average Bonchev–Trinajstić information content (AvgIpc) is 2.36. The summed E-state index contributed by atoms with van der Waals surface area (Å²) in [4.78, 5) is 12.1. The van der Waals surface area contributed by atoms with E-state index in [0.29, 0.717) is 24.4 Å². The number of carbonyl (C=O) groups is 1. The number of carbonyl (C=O) groups excluding carboxylic acids is 1. The fourth-order valence-electron chi connectivity index (χ4n) is 1.73. The molecule has 100 valence electrons. The quantitative estimate of drug-likeness (QED) is 0.809. The van der Waals surface area contributed by atoms with Crippen LogP contribution in [0.15, 0.2) is 24.3 Å². The highest BCUT2D eigenvalue weighted by molar-refractivity contribution is 5.96. The van der Waals surface area contributed by atoms with Crippen LogP contribution >= 0.6 is 0 Å². The molecule has 0 aliphatic heterocycles. The van der Waals surface area contributed by atoms with Gasteiger partial charge in [-0.05, 0) is 30.5 Å². The Labute approximate surface area is 109 Å². The molecule has 1 aromatic carbocycles. The predicted octanol–water partition coefficient (Wildman–Crippen LogP) is 1.80. The number of methoxy groups -OCH3 is 1. The van der Waals surface area contributed by atoms with Crippen LogP contribution in [-0.4, -0.2) is 26.1 Å². The molecule has 0 heterocycles. The summed E-state index contributed by atoms with van der Waals surface area (Å²) in [6.45, 7) is 5.39. The van der Waals surface area contributed by atoms with E-state index in [0.717, 1.165) is 6.42 Å². The maximum absolute atomic E-state index is 12.1. The van der Waals surface area contributed by atoms with Crippen molar-refractivity contribution in [2.45, 2.75) is 20.3 Å². The van der Waals surface area contributed by atoms with Crippen molar-refractivity contribution in [2.75, 3.05) is 20.2 Å². The molecule has 1 aromatic rings. The molecule has 4 heteroatoms. The maximum atomic E-state index is 12.1. The van der Waals surface area contributed by atoms with Crippen LogP contribution in [0.4, 0.5) is 0 Å². The van der Waals surface area contributed by atoms with Crippen molar-refractivity contribution in [3.05, 3.63) is 29.8 Å². The second-order valence-electron chi connectivity index (χ2n) is 5.09. The van der Waals surface area contributed by atoms with E-state index in [1.54, 1.807) is 19.2 Å². The normalized spacial score (nSPS) is 11.1. The Morgan fingerprint density at radius 3 is 2.67 bits per heavy atom. The lowest BCUT2D eigenvalue weighted by molar-refractivity contribution is 0.0932. The summed E-state index contributed by atoms with van der Waals surface area (Å²) in [5.41, 5.74) is 6.11. The van der Waals surface area contributed by atoms with Crippen molar-refractivity contribution in [3.63, 3.8) is 0 Å². The Morgan fingerprint density at radius 2 is 2.06 bits per heavy atom. The Bertz CT molecular complexity index is 403. The first-order valence-corrected chi connectivity index (χ1v) is 6.11. The minimum absolute atomic E-state index is 0.00637. The molecule has 0 bridgehead atoms. The molecular weight excluding hydrogens is 228 g/mol. The van der Waals surface area contributed by atoms with Crippen molar-refractivity contribution < 1.29 is 9.53 Å². The van der Waals surface area contributed by atoms with Crippen molar-refractivity contribution >= 4 is 5.91 Å². The Kier molecular flexibility index (Phi) is 5.16. The second kappa shape index (κ2) is 6.40. The van der Waals surface area contributed by atoms with E-state index in [-0.39, 0.29) is 11.3 Å². The van der Waals surface area contributed by atoms with Gasteiger partial charge in [0.05, 0.1) is 12.7 Å².